The highest BCUT2D eigenvalue weighted by Gasteiger charge is 2.20. The smallest absolute Gasteiger partial charge is 0.124 e. The molecule has 1 aromatic heterocycles. The number of benzene rings is 1. The lowest BCUT2D eigenvalue weighted by atomic mass is 10.0. The summed E-state index contributed by atoms with van der Waals surface area (Å²) in [5.74, 6) is 0. The van der Waals surface area contributed by atoms with E-state index in [1.165, 1.54) is 11.1 Å². The normalized spacial score (nSPS) is 18.2. The summed E-state index contributed by atoms with van der Waals surface area (Å²) in [7, 11) is 0. The topological polar surface area (TPSA) is 52.7 Å². The van der Waals surface area contributed by atoms with Crippen LogP contribution in [0, 0.1) is 13.8 Å². The van der Waals surface area contributed by atoms with E-state index in [1.807, 2.05) is 6.07 Å². The molecule has 5 nitrogen and oxygen atoms in total. The maximum atomic E-state index is 10.5. The van der Waals surface area contributed by atoms with Crippen molar-refractivity contribution in [3.8, 4) is 0 Å². The molecule has 0 aliphatic carbocycles. The second-order valence-corrected chi connectivity index (χ2v) is 6.50. The highest BCUT2D eigenvalue weighted by atomic mass is 16.5. The summed E-state index contributed by atoms with van der Waals surface area (Å²) in [4.78, 5) is 4.71. The van der Waals surface area contributed by atoms with Crippen molar-refractivity contribution >= 4 is 0 Å². The van der Waals surface area contributed by atoms with Crippen molar-refractivity contribution < 1.29 is 9.63 Å². The number of β-amino-alcohol motifs (C(OH)–C–C–N with tert-alkyl or cyclic N) is 1. The molecule has 1 N–H and O–H groups in total. The van der Waals surface area contributed by atoms with Crippen molar-refractivity contribution in [3.05, 3.63) is 52.9 Å². The molecule has 0 radical (unpaired) electrons. The average Bonchev–Trinajstić information content (AvgIpc) is 3.01. The number of piperazine rings is 1. The van der Waals surface area contributed by atoms with E-state index in [1.54, 1.807) is 6.26 Å². The third kappa shape index (κ3) is 4.41. The highest BCUT2D eigenvalue weighted by Crippen LogP contribution is 2.19. The number of hydrogen-bond acceptors (Lipinski definition) is 5. The van der Waals surface area contributed by atoms with E-state index in [-0.39, 0.29) is 0 Å². The van der Waals surface area contributed by atoms with Gasteiger partial charge in [-0.1, -0.05) is 34.5 Å². The van der Waals surface area contributed by atoms with Gasteiger partial charge in [-0.25, -0.2) is 0 Å². The third-order valence-electron chi connectivity index (χ3n) is 4.40. The predicted octanol–water partition coefficient (Wildman–Crippen LogP) is 2.14. The summed E-state index contributed by atoms with van der Waals surface area (Å²) in [6.45, 7) is 9.61. The zero-order valence-corrected chi connectivity index (χ0v) is 13.9. The number of aliphatic hydroxyl groups is 1. The molecule has 2 aromatic rings. The minimum atomic E-state index is -0.421. The molecule has 3 rings (SSSR count). The van der Waals surface area contributed by atoms with Crippen LogP contribution in [0.2, 0.25) is 0 Å². The fraction of sp³-hybridized carbons (Fsp3) is 0.500. The van der Waals surface area contributed by atoms with E-state index in [0.29, 0.717) is 6.54 Å². The summed E-state index contributed by atoms with van der Waals surface area (Å²) in [6, 6.07) is 8.21. The number of aliphatic hydroxyl groups excluding tert-OH is 1. The van der Waals surface area contributed by atoms with Crippen LogP contribution in [0.25, 0.3) is 0 Å². The zero-order chi connectivity index (χ0) is 16.2. The molecule has 0 bridgehead atoms. The Hall–Kier alpha value is -1.69. The van der Waals surface area contributed by atoms with E-state index in [0.717, 1.165) is 44.0 Å². The lowest BCUT2D eigenvalue weighted by Gasteiger charge is -2.35. The van der Waals surface area contributed by atoms with Crippen LogP contribution in [0.1, 0.15) is 28.5 Å². The van der Waals surface area contributed by atoms with Gasteiger partial charge in [-0.05, 0) is 19.4 Å². The van der Waals surface area contributed by atoms with E-state index in [9.17, 15) is 5.11 Å². The molecule has 1 unspecified atom stereocenters. The number of aryl methyl sites for hydroxylation is 2. The summed E-state index contributed by atoms with van der Waals surface area (Å²) in [5.41, 5.74) is 4.41. The van der Waals surface area contributed by atoms with Crippen molar-refractivity contribution in [2.75, 3.05) is 32.7 Å². The monoisotopic (exact) mass is 315 g/mol. The van der Waals surface area contributed by atoms with E-state index in [4.69, 9.17) is 4.52 Å². The molecule has 23 heavy (non-hydrogen) atoms. The Labute approximate surface area is 137 Å². The predicted molar refractivity (Wildman–Crippen MR) is 89.1 cm³/mol. The Morgan fingerprint density at radius 3 is 2.35 bits per heavy atom. The Bertz CT molecular complexity index is 599. The fourth-order valence-corrected chi connectivity index (χ4v) is 3.23. The quantitative estimate of drug-likeness (QED) is 0.916. The molecule has 1 fully saturated rings. The van der Waals surface area contributed by atoms with Gasteiger partial charge < -0.3 is 9.63 Å². The van der Waals surface area contributed by atoms with Gasteiger partial charge in [0, 0.05) is 45.3 Å². The second kappa shape index (κ2) is 7.25. The molecule has 0 amide bonds. The summed E-state index contributed by atoms with van der Waals surface area (Å²) < 4.78 is 4.88. The van der Waals surface area contributed by atoms with Crippen molar-refractivity contribution in [1.82, 2.24) is 15.0 Å². The second-order valence-electron chi connectivity index (χ2n) is 6.50. The molecule has 124 valence electrons. The van der Waals surface area contributed by atoms with Gasteiger partial charge in [0.15, 0.2) is 0 Å². The zero-order valence-electron chi connectivity index (χ0n) is 13.9. The standard InChI is InChI=1S/C18H25N3O2/c1-14-9-15(2)11-16(10-14)18(22)13-21-6-4-20(5-7-21)12-17-3-8-23-19-17/h3,8-11,18,22H,4-7,12-13H2,1-2H3. The van der Waals surface area contributed by atoms with Crippen LogP contribution in [-0.2, 0) is 6.54 Å². The molecule has 5 heteroatoms. The van der Waals surface area contributed by atoms with Crippen LogP contribution in [0.15, 0.2) is 35.1 Å². The van der Waals surface area contributed by atoms with Gasteiger partial charge in [0.2, 0.25) is 0 Å². The average molecular weight is 315 g/mol. The van der Waals surface area contributed by atoms with E-state index in [2.05, 4.69) is 47.0 Å². The number of rotatable bonds is 5. The largest absolute Gasteiger partial charge is 0.387 e. The molecule has 0 spiro atoms. The van der Waals surface area contributed by atoms with Crippen LogP contribution in [0.5, 0.6) is 0 Å². The molecular formula is C18H25N3O2. The van der Waals surface area contributed by atoms with E-state index < -0.39 is 6.10 Å². The Morgan fingerprint density at radius 2 is 1.74 bits per heavy atom. The molecule has 1 atom stereocenters. The molecule has 2 heterocycles. The van der Waals surface area contributed by atoms with Gasteiger partial charge in [-0.2, -0.15) is 0 Å². The summed E-state index contributed by atoms with van der Waals surface area (Å²) in [5, 5.41) is 14.5. The lowest BCUT2D eigenvalue weighted by Crippen LogP contribution is -2.47. The van der Waals surface area contributed by atoms with Crippen LogP contribution in [-0.4, -0.2) is 52.8 Å². The summed E-state index contributed by atoms with van der Waals surface area (Å²) in [6.07, 6.45) is 1.20. The Balaban J connectivity index is 1.50. The number of hydrogen-bond donors (Lipinski definition) is 1. The Morgan fingerprint density at radius 1 is 1.09 bits per heavy atom. The van der Waals surface area contributed by atoms with Gasteiger partial charge in [-0.15, -0.1) is 0 Å². The Kier molecular flexibility index (Phi) is 5.10. The summed E-state index contributed by atoms with van der Waals surface area (Å²) >= 11 is 0. The van der Waals surface area contributed by atoms with Gasteiger partial charge in [-0.3, -0.25) is 9.80 Å². The molecule has 0 saturated carbocycles. The van der Waals surface area contributed by atoms with Crippen molar-refractivity contribution in [3.63, 3.8) is 0 Å². The molecule has 1 saturated heterocycles. The highest BCUT2D eigenvalue weighted by molar-refractivity contribution is 5.30. The van der Waals surface area contributed by atoms with Crippen molar-refractivity contribution in [2.45, 2.75) is 26.5 Å². The number of nitrogens with zero attached hydrogens (tertiary/aromatic N) is 3. The third-order valence-corrected chi connectivity index (χ3v) is 4.40. The van der Waals surface area contributed by atoms with Gasteiger partial charge >= 0.3 is 0 Å². The first-order chi connectivity index (χ1) is 11.1. The minimum Gasteiger partial charge on any atom is -0.387 e. The molecule has 1 aromatic carbocycles. The van der Waals surface area contributed by atoms with Gasteiger partial charge in [0.05, 0.1) is 11.8 Å². The van der Waals surface area contributed by atoms with Crippen LogP contribution in [0.3, 0.4) is 0 Å². The van der Waals surface area contributed by atoms with Crippen molar-refractivity contribution in [2.24, 2.45) is 0 Å². The van der Waals surface area contributed by atoms with Gasteiger partial charge in [0.1, 0.15) is 6.26 Å². The maximum absolute atomic E-state index is 10.5. The first kappa shape index (κ1) is 16.2. The molecular weight excluding hydrogens is 290 g/mol. The van der Waals surface area contributed by atoms with Crippen molar-refractivity contribution in [1.29, 1.82) is 0 Å². The van der Waals surface area contributed by atoms with Crippen LogP contribution in [0.4, 0.5) is 0 Å². The van der Waals surface area contributed by atoms with Crippen LogP contribution < -0.4 is 0 Å². The first-order valence-corrected chi connectivity index (χ1v) is 8.20. The minimum absolute atomic E-state index is 0.421. The first-order valence-electron chi connectivity index (χ1n) is 8.20. The molecule has 1 aliphatic rings. The SMILES string of the molecule is Cc1cc(C)cc(C(O)CN2CCN(Cc3ccon3)CC2)c1. The maximum Gasteiger partial charge on any atom is 0.124 e. The van der Waals surface area contributed by atoms with Gasteiger partial charge in [0.25, 0.3) is 0 Å². The van der Waals surface area contributed by atoms with Crippen LogP contribution >= 0.6 is 0 Å². The van der Waals surface area contributed by atoms with E-state index >= 15 is 0 Å². The lowest BCUT2D eigenvalue weighted by molar-refractivity contribution is 0.0693. The fourth-order valence-electron chi connectivity index (χ4n) is 3.23. The number of aromatic nitrogens is 1. The molecule has 1 aliphatic heterocycles.